The van der Waals surface area contributed by atoms with Gasteiger partial charge in [0.1, 0.15) is 0 Å². The average Bonchev–Trinajstić information content (AvgIpc) is 3.37. The maximum absolute atomic E-state index is 14.1. The van der Waals surface area contributed by atoms with Crippen molar-refractivity contribution in [3.05, 3.63) is 102 Å². The predicted molar refractivity (Wildman–Crippen MR) is 140 cm³/mol. The molecule has 1 aromatic heterocycles. The van der Waals surface area contributed by atoms with E-state index in [1.54, 1.807) is 48.5 Å². The Labute approximate surface area is 206 Å². The van der Waals surface area contributed by atoms with Crippen molar-refractivity contribution in [3.63, 3.8) is 0 Å². The van der Waals surface area contributed by atoms with Crippen molar-refractivity contribution in [1.82, 2.24) is 8.87 Å². The smallest absolute Gasteiger partial charge is 0.268 e. The highest BCUT2D eigenvalue weighted by atomic mass is 32.2. The van der Waals surface area contributed by atoms with Crippen molar-refractivity contribution in [3.8, 4) is 0 Å². The Kier molecular flexibility index (Phi) is 4.07. The van der Waals surface area contributed by atoms with E-state index in [4.69, 9.17) is 0 Å². The van der Waals surface area contributed by atoms with Crippen LogP contribution in [0.3, 0.4) is 0 Å². The molecule has 0 fully saturated rings. The van der Waals surface area contributed by atoms with Crippen molar-refractivity contribution in [2.45, 2.75) is 4.90 Å². The Hall–Kier alpha value is -4.49. The number of imide groups is 1. The lowest BCUT2D eigenvalue weighted by Crippen LogP contribution is -2.24. The lowest BCUT2D eigenvalue weighted by Gasteiger charge is -2.13. The van der Waals surface area contributed by atoms with Crippen LogP contribution in [0.2, 0.25) is 0 Å². The molecule has 6 nitrogen and oxygen atoms in total. The van der Waals surface area contributed by atoms with Gasteiger partial charge < -0.3 is 0 Å². The number of rotatable bonds is 2. The van der Waals surface area contributed by atoms with Crippen molar-refractivity contribution < 1.29 is 18.0 Å². The summed E-state index contributed by atoms with van der Waals surface area (Å²) in [7, 11) is -2.59. The Morgan fingerprint density at radius 2 is 1.22 bits per heavy atom. The standard InChI is InChI=1S/C29H18N2O4S/c1-30-28(32)25-21-15-17-9-5-6-10-18(17)16-22(21)27-24(26(25)29(30)33)20-13-7-8-14-23(20)31(27)36(34,35)19-11-3-2-4-12-19/h2-16H,1H3. The molecule has 6 aromatic rings. The van der Waals surface area contributed by atoms with Gasteiger partial charge in [-0.15, -0.1) is 0 Å². The van der Waals surface area contributed by atoms with Crippen LogP contribution in [-0.2, 0) is 10.0 Å². The van der Waals surface area contributed by atoms with Crippen LogP contribution in [0.15, 0.2) is 95.9 Å². The molecule has 0 saturated heterocycles. The molecule has 0 N–H and O–H groups in total. The first-order valence-electron chi connectivity index (χ1n) is 11.4. The van der Waals surface area contributed by atoms with Crippen LogP contribution < -0.4 is 0 Å². The molecule has 0 radical (unpaired) electrons. The predicted octanol–water partition coefficient (Wildman–Crippen LogP) is 5.56. The normalized spacial score (nSPS) is 14.0. The highest BCUT2D eigenvalue weighted by molar-refractivity contribution is 7.90. The van der Waals surface area contributed by atoms with Gasteiger partial charge in [0.25, 0.3) is 21.8 Å². The van der Waals surface area contributed by atoms with E-state index in [0.29, 0.717) is 38.1 Å². The summed E-state index contributed by atoms with van der Waals surface area (Å²) in [6, 6.07) is 26.9. The third-order valence-corrected chi connectivity index (χ3v) is 8.79. The van der Waals surface area contributed by atoms with Gasteiger partial charge in [0.15, 0.2) is 0 Å². The molecule has 0 bridgehead atoms. The third kappa shape index (κ3) is 2.52. The van der Waals surface area contributed by atoms with E-state index in [-0.39, 0.29) is 16.4 Å². The molecule has 0 saturated carbocycles. The molecule has 1 aliphatic rings. The number of benzene rings is 5. The number of carbonyl (C=O) groups excluding carboxylic acids is 2. The van der Waals surface area contributed by atoms with Gasteiger partial charge in [-0.05, 0) is 46.5 Å². The quantitative estimate of drug-likeness (QED) is 0.235. The fourth-order valence-electron chi connectivity index (χ4n) is 5.42. The van der Waals surface area contributed by atoms with Crippen LogP contribution in [0.5, 0.6) is 0 Å². The zero-order chi connectivity index (χ0) is 24.8. The van der Waals surface area contributed by atoms with Gasteiger partial charge in [-0.25, -0.2) is 12.4 Å². The van der Waals surface area contributed by atoms with Crippen molar-refractivity contribution in [1.29, 1.82) is 0 Å². The molecular weight excluding hydrogens is 472 g/mol. The molecule has 0 unspecified atom stereocenters. The summed E-state index contributed by atoms with van der Waals surface area (Å²) in [5.74, 6) is -0.824. The van der Waals surface area contributed by atoms with Crippen LogP contribution in [0.4, 0.5) is 0 Å². The van der Waals surface area contributed by atoms with Gasteiger partial charge in [-0.3, -0.25) is 14.5 Å². The molecule has 1 aliphatic heterocycles. The van der Waals surface area contributed by atoms with E-state index >= 15 is 0 Å². The molecule has 2 heterocycles. The van der Waals surface area contributed by atoms with Crippen LogP contribution in [0, 0.1) is 0 Å². The summed E-state index contributed by atoms with van der Waals surface area (Å²) in [4.78, 5) is 28.0. The van der Waals surface area contributed by atoms with Crippen LogP contribution >= 0.6 is 0 Å². The number of hydrogen-bond acceptors (Lipinski definition) is 4. The Balaban J connectivity index is 1.82. The zero-order valence-corrected chi connectivity index (χ0v) is 19.9. The minimum atomic E-state index is -4.05. The summed E-state index contributed by atoms with van der Waals surface area (Å²) in [5, 5.41) is 4.06. The van der Waals surface area contributed by atoms with Gasteiger partial charge in [0, 0.05) is 23.2 Å². The second-order valence-corrected chi connectivity index (χ2v) is 10.8. The lowest BCUT2D eigenvalue weighted by atomic mass is 9.93. The van der Waals surface area contributed by atoms with Crippen molar-refractivity contribution in [2.24, 2.45) is 0 Å². The third-order valence-electron chi connectivity index (χ3n) is 7.06. The Bertz CT molecular complexity index is 2060. The van der Waals surface area contributed by atoms with E-state index < -0.39 is 15.9 Å². The van der Waals surface area contributed by atoms with Crippen LogP contribution in [-0.4, -0.2) is 36.2 Å². The number of fused-ring (bicyclic) bond motifs is 9. The first kappa shape index (κ1) is 20.8. The van der Waals surface area contributed by atoms with Gasteiger partial charge in [-0.2, -0.15) is 0 Å². The number of aromatic nitrogens is 1. The van der Waals surface area contributed by atoms with Crippen LogP contribution in [0.25, 0.3) is 43.4 Å². The minimum Gasteiger partial charge on any atom is -0.277 e. The molecule has 36 heavy (non-hydrogen) atoms. The summed E-state index contributed by atoms with van der Waals surface area (Å²) in [6.07, 6.45) is 0. The zero-order valence-electron chi connectivity index (χ0n) is 19.1. The number of nitrogens with zero attached hydrogens (tertiary/aromatic N) is 2. The molecule has 0 aliphatic carbocycles. The van der Waals surface area contributed by atoms with Crippen molar-refractivity contribution in [2.75, 3.05) is 7.05 Å². The van der Waals surface area contributed by atoms with Gasteiger partial charge in [0.05, 0.1) is 27.1 Å². The fourth-order valence-corrected chi connectivity index (χ4v) is 6.98. The summed E-state index contributed by atoms with van der Waals surface area (Å²) < 4.78 is 29.6. The maximum Gasteiger partial charge on any atom is 0.268 e. The summed E-state index contributed by atoms with van der Waals surface area (Å²) in [6.45, 7) is 0. The van der Waals surface area contributed by atoms with Crippen LogP contribution in [0.1, 0.15) is 20.7 Å². The fraction of sp³-hybridized carbons (Fsp3) is 0.0345. The topological polar surface area (TPSA) is 76.5 Å². The Morgan fingerprint density at radius 1 is 0.639 bits per heavy atom. The van der Waals surface area contributed by atoms with E-state index in [2.05, 4.69) is 0 Å². The molecular formula is C29H18N2O4S. The summed E-state index contributed by atoms with van der Waals surface area (Å²) >= 11 is 0. The maximum atomic E-state index is 14.1. The van der Waals surface area contributed by atoms with E-state index in [9.17, 15) is 18.0 Å². The molecule has 0 spiro atoms. The van der Waals surface area contributed by atoms with E-state index in [1.165, 1.54) is 11.0 Å². The number of para-hydroxylation sites is 1. The number of amides is 2. The minimum absolute atomic E-state index is 0.140. The molecule has 174 valence electrons. The van der Waals surface area contributed by atoms with Gasteiger partial charge in [0.2, 0.25) is 0 Å². The first-order valence-corrected chi connectivity index (χ1v) is 12.9. The molecule has 7 heteroatoms. The highest BCUT2D eigenvalue weighted by Gasteiger charge is 2.39. The second kappa shape index (κ2) is 7.02. The van der Waals surface area contributed by atoms with Crippen molar-refractivity contribution >= 4 is 65.2 Å². The second-order valence-electron chi connectivity index (χ2n) is 8.99. The van der Waals surface area contributed by atoms with E-state index in [1.807, 2.05) is 42.5 Å². The molecule has 7 rings (SSSR count). The molecule has 5 aromatic carbocycles. The number of carbonyl (C=O) groups is 2. The van der Waals surface area contributed by atoms with Gasteiger partial charge in [-0.1, -0.05) is 60.7 Å². The first-order chi connectivity index (χ1) is 17.4. The Morgan fingerprint density at radius 3 is 1.94 bits per heavy atom. The average molecular weight is 491 g/mol. The molecule has 0 atom stereocenters. The monoisotopic (exact) mass is 490 g/mol. The largest absolute Gasteiger partial charge is 0.277 e. The summed E-state index contributed by atoms with van der Waals surface area (Å²) in [5.41, 5.74) is 1.42. The SMILES string of the molecule is CN1C(=O)c2c(c3c4ccccc4n(S(=O)(=O)c4ccccc4)c3c3cc4ccccc4cc23)C1=O. The number of hydrogen-bond donors (Lipinski definition) is 0. The highest BCUT2D eigenvalue weighted by Crippen LogP contribution is 2.44. The lowest BCUT2D eigenvalue weighted by molar-refractivity contribution is 0.0694. The molecule has 2 amide bonds. The van der Waals surface area contributed by atoms with Gasteiger partial charge >= 0.3 is 0 Å². The van der Waals surface area contributed by atoms with E-state index in [0.717, 1.165) is 15.7 Å².